The molecule has 0 aliphatic carbocycles. The molecule has 7 heteroatoms. The van der Waals surface area contributed by atoms with Gasteiger partial charge in [0.15, 0.2) is 0 Å². The van der Waals surface area contributed by atoms with Gasteiger partial charge in [0, 0.05) is 11.6 Å². The van der Waals surface area contributed by atoms with Crippen molar-refractivity contribution in [1.82, 2.24) is 4.98 Å². The van der Waals surface area contributed by atoms with E-state index in [1.54, 1.807) is 19.1 Å². The molecule has 0 unspecified atom stereocenters. The van der Waals surface area contributed by atoms with Crippen molar-refractivity contribution in [3.63, 3.8) is 0 Å². The van der Waals surface area contributed by atoms with Crippen LogP contribution >= 0.6 is 0 Å². The number of aromatic nitrogens is 1. The maximum absolute atomic E-state index is 13.6. The Morgan fingerprint density at radius 1 is 0.903 bits per heavy atom. The first-order chi connectivity index (χ1) is 14.8. The van der Waals surface area contributed by atoms with E-state index in [0.29, 0.717) is 27.6 Å². The molecule has 0 atom stereocenters. The lowest BCUT2D eigenvalue weighted by atomic mass is 9.90. The van der Waals surface area contributed by atoms with Crippen molar-refractivity contribution in [1.29, 1.82) is 0 Å². The predicted molar refractivity (Wildman–Crippen MR) is 116 cm³/mol. The molecular weight excluding hydrogens is 423 g/mol. The minimum absolute atomic E-state index is 0.154. The Morgan fingerprint density at radius 2 is 1.65 bits per heavy atom. The number of hydrogen-bond acceptors (Lipinski definition) is 3. The van der Waals surface area contributed by atoms with Gasteiger partial charge >= 0.3 is 6.18 Å². The van der Waals surface area contributed by atoms with Gasteiger partial charge in [0.2, 0.25) is 0 Å². The Kier molecular flexibility index (Phi) is 5.54. The van der Waals surface area contributed by atoms with E-state index in [1.807, 2.05) is 42.5 Å². The molecule has 0 aliphatic rings. The Hall–Kier alpha value is -3.19. The highest BCUT2D eigenvalue weighted by Crippen LogP contribution is 2.40. The van der Waals surface area contributed by atoms with E-state index in [0.717, 1.165) is 17.2 Å². The number of alkyl halides is 3. The van der Waals surface area contributed by atoms with Crippen molar-refractivity contribution in [2.24, 2.45) is 0 Å². The second kappa shape index (κ2) is 8.15. The number of hydrogen-bond donors (Lipinski definition) is 1. The van der Waals surface area contributed by atoms with E-state index < -0.39 is 22.4 Å². The molecule has 0 radical (unpaired) electrons. The van der Waals surface area contributed by atoms with Gasteiger partial charge in [-0.15, -0.1) is 0 Å². The van der Waals surface area contributed by atoms with Crippen molar-refractivity contribution >= 4 is 21.6 Å². The monoisotopic (exact) mass is 441 g/mol. The molecular formula is C24H18F3NO2S. The van der Waals surface area contributed by atoms with Gasteiger partial charge in [-0.2, -0.15) is 13.2 Å². The first-order valence-corrected chi connectivity index (χ1v) is 10.9. The summed E-state index contributed by atoms with van der Waals surface area (Å²) in [5.74, 6) is -0.206. The Morgan fingerprint density at radius 3 is 2.32 bits per heavy atom. The summed E-state index contributed by atoms with van der Waals surface area (Å²) in [5, 5.41) is 0.336. The van der Waals surface area contributed by atoms with Crippen molar-refractivity contribution in [2.45, 2.75) is 18.9 Å². The maximum atomic E-state index is 13.6. The average molecular weight is 441 g/mol. The van der Waals surface area contributed by atoms with Crippen LogP contribution in [0.25, 0.3) is 33.2 Å². The van der Waals surface area contributed by atoms with Crippen LogP contribution in [0, 0.1) is 6.92 Å². The molecule has 158 valence electrons. The molecule has 1 heterocycles. The third-order valence-corrected chi connectivity index (χ3v) is 5.78. The molecule has 4 rings (SSSR count). The van der Waals surface area contributed by atoms with E-state index in [4.69, 9.17) is 0 Å². The zero-order valence-electron chi connectivity index (χ0n) is 16.5. The zero-order chi connectivity index (χ0) is 22.2. The molecule has 3 nitrogen and oxygen atoms in total. The number of pyridine rings is 1. The van der Waals surface area contributed by atoms with Crippen molar-refractivity contribution in [3.8, 4) is 22.3 Å². The Balaban J connectivity index is 2.05. The number of nitrogens with zero attached hydrogens (tertiary/aromatic N) is 1. The fourth-order valence-corrected chi connectivity index (χ4v) is 4.36. The molecule has 0 N–H and O–H groups in total. The van der Waals surface area contributed by atoms with E-state index in [2.05, 4.69) is 4.98 Å². The van der Waals surface area contributed by atoms with E-state index in [9.17, 15) is 21.6 Å². The predicted octanol–water partition coefficient (Wildman–Crippen LogP) is 6.01. The number of para-hydroxylation sites is 1. The van der Waals surface area contributed by atoms with Gasteiger partial charge in [0.25, 0.3) is 0 Å². The maximum Gasteiger partial charge on any atom is 0.418 e. The third kappa shape index (κ3) is 4.18. The number of fused-ring (bicyclic) bond motifs is 1. The van der Waals surface area contributed by atoms with Crippen molar-refractivity contribution in [2.75, 3.05) is 0 Å². The summed E-state index contributed by atoms with van der Waals surface area (Å²) in [6.45, 7) is 1.76. The quantitative estimate of drug-likeness (QED) is 0.395. The minimum atomic E-state index is -4.55. The molecule has 0 spiro atoms. The number of thiol groups is 1. The van der Waals surface area contributed by atoms with Crippen LogP contribution in [-0.4, -0.2) is 13.4 Å². The Labute approximate surface area is 179 Å². The van der Waals surface area contributed by atoms with Crippen LogP contribution < -0.4 is 0 Å². The smallest absolute Gasteiger partial charge is 0.255 e. The highest BCUT2D eigenvalue weighted by Gasteiger charge is 2.33. The number of aryl methyl sites for hydroxylation is 1. The standard InChI is InChI=1S/C24H18F3NO2S/c1-15-13-28-23-19(8-5-9-21(23)24(25,26)27)22(15)20-12-17(16-6-3-2-4-7-16)10-11-18(20)14-31(29)30/h2-13,31H,14H2,1H3. The molecule has 4 aromatic rings. The van der Waals surface area contributed by atoms with Gasteiger partial charge in [-0.1, -0.05) is 54.6 Å². The van der Waals surface area contributed by atoms with Crippen LogP contribution in [0.3, 0.4) is 0 Å². The van der Waals surface area contributed by atoms with Crippen LogP contribution in [0.4, 0.5) is 13.2 Å². The lowest BCUT2D eigenvalue weighted by Gasteiger charge is -2.17. The van der Waals surface area contributed by atoms with E-state index >= 15 is 0 Å². The van der Waals surface area contributed by atoms with Gasteiger partial charge < -0.3 is 0 Å². The van der Waals surface area contributed by atoms with Crippen molar-refractivity contribution in [3.05, 3.63) is 89.6 Å². The summed E-state index contributed by atoms with van der Waals surface area (Å²) >= 11 is 0. The minimum Gasteiger partial charge on any atom is -0.255 e. The Bertz CT molecular complexity index is 1340. The largest absolute Gasteiger partial charge is 0.418 e. The molecule has 3 aromatic carbocycles. The molecule has 0 saturated carbocycles. The number of rotatable bonds is 4. The lowest BCUT2D eigenvalue weighted by Crippen LogP contribution is -2.07. The third-order valence-electron chi connectivity index (χ3n) is 5.18. The zero-order valence-corrected chi connectivity index (χ0v) is 17.4. The van der Waals surface area contributed by atoms with Crippen molar-refractivity contribution < 1.29 is 21.6 Å². The highest BCUT2D eigenvalue weighted by atomic mass is 32.2. The van der Waals surface area contributed by atoms with Crippen LogP contribution in [0.15, 0.2) is 72.9 Å². The van der Waals surface area contributed by atoms with Gasteiger partial charge in [-0.05, 0) is 52.4 Å². The van der Waals surface area contributed by atoms with Crippen LogP contribution in [0.2, 0.25) is 0 Å². The summed E-state index contributed by atoms with van der Waals surface area (Å²) in [5.41, 5.74) is 3.14. The van der Waals surface area contributed by atoms with Gasteiger partial charge in [-0.3, -0.25) is 4.98 Å². The summed E-state index contributed by atoms with van der Waals surface area (Å²) < 4.78 is 63.7. The first-order valence-electron chi connectivity index (χ1n) is 9.52. The number of benzene rings is 3. The topological polar surface area (TPSA) is 47.0 Å². The summed E-state index contributed by atoms with van der Waals surface area (Å²) in [6, 6.07) is 18.9. The van der Waals surface area contributed by atoms with Crippen LogP contribution in [0.5, 0.6) is 0 Å². The normalized spacial score (nSPS) is 11.9. The second-order valence-electron chi connectivity index (χ2n) is 7.24. The molecule has 1 aromatic heterocycles. The molecule has 31 heavy (non-hydrogen) atoms. The van der Waals surface area contributed by atoms with Crippen LogP contribution in [0.1, 0.15) is 16.7 Å². The number of halogens is 3. The van der Waals surface area contributed by atoms with E-state index in [1.165, 1.54) is 12.3 Å². The fraction of sp³-hybridized carbons (Fsp3) is 0.125. The van der Waals surface area contributed by atoms with Crippen LogP contribution in [-0.2, 0) is 22.6 Å². The SMILES string of the molecule is Cc1cnc2c(C(F)(F)F)cccc2c1-c1cc(-c2ccccc2)ccc1C[SH](=O)=O. The average Bonchev–Trinajstić information content (AvgIpc) is 2.73. The van der Waals surface area contributed by atoms with Gasteiger partial charge in [-0.25, -0.2) is 8.42 Å². The van der Waals surface area contributed by atoms with E-state index in [-0.39, 0.29) is 11.3 Å². The van der Waals surface area contributed by atoms with Gasteiger partial charge in [0.05, 0.1) is 16.8 Å². The lowest BCUT2D eigenvalue weighted by molar-refractivity contribution is -0.136. The summed E-state index contributed by atoms with van der Waals surface area (Å²) in [6.07, 6.45) is -3.14. The second-order valence-corrected chi connectivity index (χ2v) is 8.23. The summed E-state index contributed by atoms with van der Waals surface area (Å²) in [4.78, 5) is 4.07. The summed E-state index contributed by atoms with van der Waals surface area (Å²) in [7, 11) is -2.72. The molecule has 0 saturated heterocycles. The van der Waals surface area contributed by atoms with Gasteiger partial charge in [0.1, 0.15) is 10.7 Å². The highest BCUT2D eigenvalue weighted by molar-refractivity contribution is 7.71. The molecule has 0 fully saturated rings. The molecule has 0 bridgehead atoms. The first kappa shape index (κ1) is 21.1. The molecule has 0 amide bonds. The molecule has 0 aliphatic heterocycles. The fourth-order valence-electron chi connectivity index (χ4n) is 3.81.